The van der Waals surface area contributed by atoms with Crippen molar-refractivity contribution in [1.29, 1.82) is 0 Å². The Morgan fingerprint density at radius 1 is 1.65 bits per heavy atom. The number of amides is 1. The smallest absolute Gasteiger partial charge is 0.239 e. The molecular weight excluding hydrogens is 242 g/mol. The average Bonchev–Trinajstić information content (AvgIpc) is 2.29. The molecule has 1 aromatic rings. The van der Waals surface area contributed by atoms with Gasteiger partial charge in [-0.05, 0) is 12.1 Å². The molecule has 0 bridgehead atoms. The Morgan fingerprint density at radius 3 is 3.06 bits per heavy atom. The summed E-state index contributed by atoms with van der Waals surface area (Å²) in [6.07, 6.45) is 1.61. The molecule has 94 valence electrons. The maximum absolute atomic E-state index is 11.5. The van der Waals surface area contributed by atoms with Crippen LogP contribution >= 0.6 is 11.6 Å². The number of nitrogens with one attached hydrogen (secondary N) is 1. The lowest BCUT2D eigenvalue weighted by Gasteiger charge is -2.18. The summed E-state index contributed by atoms with van der Waals surface area (Å²) >= 11 is 5.77. The Bertz CT molecular complexity index is 373. The van der Waals surface area contributed by atoms with Crippen molar-refractivity contribution < 1.29 is 9.53 Å². The van der Waals surface area contributed by atoms with Crippen LogP contribution in [0.15, 0.2) is 18.3 Å². The maximum Gasteiger partial charge on any atom is 0.239 e. The third-order valence-electron chi connectivity index (χ3n) is 2.16. The Balaban J connectivity index is 2.43. The monoisotopic (exact) mass is 257 g/mol. The van der Waals surface area contributed by atoms with Crippen LogP contribution < -0.4 is 10.2 Å². The fourth-order valence-electron chi connectivity index (χ4n) is 1.28. The molecule has 17 heavy (non-hydrogen) atoms. The lowest BCUT2D eigenvalue weighted by molar-refractivity contribution is -0.119. The molecule has 0 radical (unpaired) electrons. The van der Waals surface area contributed by atoms with Crippen molar-refractivity contribution in [3.8, 4) is 0 Å². The molecule has 0 unspecified atom stereocenters. The van der Waals surface area contributed by atoms with E-state index < -0.39 is 0 Å². The first kappa shape index (κ1) is 13.7. The molecule has 1 rings (SSSR count). The van der Waals surface area contributed by atoms with Crippen LogP contribution in [0.1, 0.15) is 0 Å². The number of hydrogen-bond acceptors (Lipinski definition) is 4. The minimum Gasteiger partial charge on any atom is -0.383 e. The Labute approximate surface area is 106 Å². The van der Waals surface area contributed by atoms with Gasteiger partial charge in [0.2, 0.25) is 5.91 Å². The Kier molecular flexibility index (Phi) is 5.72. The number of methoxy groups -OCH3 is 1. The second-order valence-electron chi connectivity index (χ2n) is 3.54. The van der Waals surface area contributed by atoms with Crippen molar-refractivity contribution in [2.24, 2.45) is 0 Å². The van der Waals surface area contributed by atoms with Gasteiger partial charge in [0.15, 0.2) is 0 Å². The minimum atomic E-state index is -0.0579. The van der Waals surface area contributed by atoms with E-state index in [1.165, 1.54) is 0 Å². The van der Waals surface area contributed by atoms with Gasteiger partial charge in [0.25, 0.3) is 0 Å². The van der Waals surface area contributed by atoms with E-state index in [1.54, 1.807) is 30.3 Å². The number of carbonyl (C=O) groups excluding carboxylic acids is 1. The number of likely N-dealkylation sites (N-methyl/N-ethyl adjacent to an activating group) is 1. The summed E-state index contributed by atoms with van der Waals surface area (Å²) < 4.78 is 4.84. The Morgan fingerprint density at radius 2 is 2.41 bits per heavy atom. The van der Waals surface area contributed by atoms with E-state index in [2.05, 4.69) is 10.3 Å². The van der Waals surface area contributed by atoms with Gasteiger partial charge in [-0.3, -0.25) is 4.79 Å². The first-order chi connectivity index (χ1) is 8.13. The van der Waals surface area contributed by atoms with Gasteiger partial charge < -0.3 is 15.0 Å². The molecule has 0 fully saturated rings. The van der Waals surface area contributed by atoms with Crippen molar-refractivity contribution >= 4 is 23.2 Å². The van der Waals surface area contributed by atoms with Crippen LogP contribution in [-0.4, -0.2) is 44.7 Å². The van der Waals surface area contributed by atoms with Gasteiger partial charge in [-0.15, -0.1) is 0 Å². The molecule has 1 heterocycles. The summed E-state index contributed by atoms with van der Waals surface area (Å²) in [4.78, 5) is 17.2. The van der Waals surface area contributed by atoms with Crippen molar-refractivity contribution in [3.05, 3.63) is 23.5 Å². The molecule has 1 aromatic heterocycles. The summed E-state index contributed by atoms with van der Waals surface area (Å²) in [6.45, 7) is 1.29. The number of anilines is 1. The van der Waals surface area contributed by atoms with E-state index in [9.17, 15) is 4.79 Å². The zero-order valence-electron chi connectivity index (χ0n) is 9.94. The number of aromatic nitrogens is 1. The highest BCUT2D eigenvalue weighted by molar-refractivity contribution is 6.29. The normalized spacial score (nSPS) is 10.1. The standard InChI is InChI=1S/C11H16ClN3O2/c1-15(8-11(16)14-5-6-17-2)9-3-4-13-10(12)7-9/h3-4,7H,5-6,8H2,1-2H3,(H,14,16). The molecule has 0 saturated carbocycles. The number of hydrogen-bond donors (Lipinski definition) is 1. The highest BCUT2D eigenvalue weighted by Gasteiger charge is 2.07. The van der Waals surface area contributed by atoms with Crippen molar-refractivity contribution in [2.75, 3.05) is 38.8 Å². The molecule has 0 aliphatic rings. The molecule has 0 atom stereocenters. The predicted molar refractivity (Wildman–Crippen MR) is 67.4 cm³/mol. The van der Waals surface area contributed by atoms with Crippen LogP contribution in [0, 0.1) is 0 Å². The molecule has 1 amide bonds. The van der Waals surface area contributed by atoms with Crippen LogP contribution in [0.4, 0.5) is 5.69 Å². The van der Waals surface area contributed by atoms with E-state index in [1.807, 2.05) is 7.05 Å². The summed E-state index contributed by atoms with van der Waals surface area (Å²) in [5, 5.41) is 3.16. The van der Waals surface area contributed by atoms with E-state index in [0.717, 1.165) is 5.69 Å². The zero-order chi connectivity index (χ0) is 12.7. The number of rotatable bonds is 6. The second-order valence-corrected chi connectivity index (χ2v) is 3.92. The fourth-order valence-corrected chi connectivity index (χ4v) is 1.45. The molecule has 5 nitrogen and oxygen atoms in total. The van der Waals surface area contributed by atoms with Gasteiger partial charge in [0.1, 0.15) is 5.15 Å². The largest absolute Gasteiger partial charge is 0.383 e. The molecule has 0 aliphatic heterocycles. The number of ether oxygens (including phenoxy) is 1. The van der Waals surface area contributed by atoms with E-state index in [4.69, 9.17) is 16.3 Å². The van der Waals surface area contributed by atoms with Gasteiger partial charge in [-0.25, -0.2) is 4.98 Å². The lowest BCUT2D eigenvalue weighted by atomic mass is 10.3. The summed E-state index contributed by atoms with van der Waals surface area (Å²) in [5.74, 6) is -0.0579. The maximum atomic E-state index is 11.5. The first-order valence-corrected chi connectivity index (χ1v) is 5.59. The van der Waals surface area contributed by atoms with Crippen LogP contribution in [0.5, 0.6) is 0 Å². The molecule has 0 spiro atoms. The van der Waals surface area contributed by atoms with Gasteiger partial charge in [-0.1, -0.05) is 11.6 Å². The van der Waals surface area contributed by atoms with Crippen molar-refractivity contribution in [2.45, 2.75) is 0 Å². The molecule has 0 aliphatic carbocycles. The van der Waals surface area contributed by atoms with Crippen LogP contribution in [0.25, 0.3) is 0 Å². The van der Waals surface area contributed by atoms with E-state index in [0.29, 0.717) is 18.3 Å². The zero-order valence-corrected chi connectivity index (χ0v) is 10.7. The molecule has 0 saturated heterocycles. The summed E-state index contributed by atoms with van der Waals surface area (Å²) in [7, 11) is 3.42. The number of carbonyl (C=O) groups is 1. The minimum absolute atomic E-state index is 0.0579. The third kappa shape index (κ3) is 5.01. The van der Waals surface area contributed by atoms with Crippen molar-refractivity contribution in [3.63, 3.8) is 0 Å². The van der Waals surface area contributed by atoms with Gasteiger partial charge in [-0.2, -0.15) is 0 Å². The van der Waals surface area contributed by atoms with Crippen LogP contribution in [-0.2, 0) is 9.53 Å². The second kappa shape index (κ2) is 7.09. The number of nitrogens with zero attached hydrogens (tertiary/aromatic N) is 2. The summed E-state index contributed by atoms with van der Waals surface area (Å²) in [6, 6.07) is 3.51. The summed E-state index contributed by atoms with van der Waals surface area (Å²) in [5.41, 5.74) is 0.854. The molecule has 6 heteroatoms. The average molecular weight is 258 g/mol. The highest BCUT2D eigenvalue weighted by atomic mass is 35.5. The van der Waals surface area contributed by atoms with Crippen LogP contribution in [0.3, 0.4) is 0 Å². The first-order valence-electron chi connectivity index (χ1n) is 5.22. The van der Waals surface area contributed by atoms with Gasteiger partial charge in [0, 0.05) is 32.6 Å². The van der Waals surface area contributed by atoms with E-state index in [-0.39, 0.29) is 12.5 Å². The fraction of sp³-hybridized carbons (Fsp3) is 0.455. The van der Waals surface area contributed by atoms with Gasteiger partial charge >= 0.3 is 0 Å². The molecular formula is C11H16ClN3O2. The van der Waals surface area contributed by atoms with Gasteiger partial charge in [0.05, 0.1) is 13.2 Å². The molecule has 0 aromatic carbocycles. The predicted octanol–water partition coefficient (Wildman–Crippen LogP) is 0.934. The number of pyridine rings is 1. The Hall–Kier alpha value is -1.33. The van der Waals surface area contributed by atoms with Crippen LogP contribution in [0.2, 0.25) is 5.15 Å². The third-order valence-corrected chi connectivity index (χ3v) is 2.37. The number of halogens is 1. The topological polar surface area (TPSA) is 54.5 Å². The highest BCUT2D eigenvalue weighted by Crippen LogP contribution is 2.15. The van der Waals surface area contributed by atoms with E-state index >= 15 is 0 Å². The van der Waals surface area contributed by atoms with Crippen molar-refractivity contribution in [1.82, 2.24) is 10.3 Å². The SMILES string of the molecule is COCCNC(=O)CN(C)c1ccnc(Cl)c1. The lowest BCUT2D eigenvalue weighted by Crippen LogP contribution is -2.36. The quantitative estimate of drug-likeness (QED) is 0.609. The molecule has 1 N–H and O–H groups in total.